The minimum Gasteiger partial charge on any atom is -0.497 e. The van der Waals surface area contributed by atoms with Crippen LogP contribution in [0.2, 0.25) is 0 Å². The predicted octanol–water partition coefficient (Wildman–Crippen LogP) is 3.25. The highest BCUT2D eigenvalue weighted by Crippen LogP contribution is 2.27. The van der Waals surface area contributed by atoms with Gasteiger partial charge in [-0.2, -0.15) is 0 Å². The van der Waals surface area contributed by atoms with Gasteiger partial charge in [0, 0.05) is 12.5 Å². The Morgan fingerprint density at radius 1 is 1.09 bits per heavy atom. The lowest BCUT2D eigenvalue weighted by molar-refractivity contribution is -0.124. The van der Waals surface area contributed by atoms with E-state index in [0.717, 1.165) is 30.8 Å². The molecular formula is C19H21NO2. The van der Waals surface area contributed by atoms with E-state index in [1.165, 1.54) is 5.56 Å². The van der Waals surface area contributed by atoms with Crippen LogP contribution in [0.5, 0.6) is 5.75 Å². The van der Waals surface area contributed by atoms with Crippen LogP contribution in [0.4, 0.5) is 0 Å². The molecule has 0 radical (unpaired) electrons. The van der Waals surface area contributed by atoms with Crippen molar-refractivity contribution in [3.05, 3.63) is 65.7 Å². The summed E-state index contributed by atoms with van der Waals surface area (Å²) >= 11 is 0. The number of carbonyl (C=O) groups is 1. The zero-order valence-electron chi connectivity index (χ0n) is 12.9. The number of ether oxygens (including phenoxy) is 1. The van der Waals surface area contributed by atoms with Gasteiger partial charge in [0.25, 0.3) is 0 Å². The van der Waals surface area contributed by atoms with Gasteiger partial charge in [-0.15, -0.1) is 0 Å². The van der Waals surface area contributed by atoms with Gasteiger partial charge in [-0.1, -0.05) is 42.5 Å². The number of likely N-dealkylation sites (tertiary alicyclic amines) is 1. The van der Waals surface area contributed by atoms with Gasteiger partial charge in [-0.05, 0) is 36.2 Å². The number of carbonyl (C=O) groups excluding carboxylic acids is 1. The second kappa shape index (κ2) is 6.75. The Morgan fingerprint density at radius 3 is 2.45 bits per heavy atom. The zero-order valence-corrected chi connectivity index (χ0v) is 12.9. The van der Waals surface area contributed by atoms with Crippen LogP contribution >= 0.6 is 0 Å². The number of Topliss-reactive ketones (excluding diaryl/α,β-unsaturated/α-hetero) is 1. The Balaban J connectivity index is 1.63. The summed E-state index contributed by atoms with van der Waals surface area (Å²) in [6.45, 7) is 2.34. The summed E-state index contributed by atoms with van der Waals surface area (Å²) in [5, 5.41) is 0. The van der Waals surface area contributed by atoms with Gasteiger partial charge in [0.05, 0.1) is 13.7 Å². The van der Waals surface area contributed by atoms with Crippen LogP contribution < -0.4 is 4.74 Å². The second-order valence-corrected chi connectivity index (χ2v) is 5.78. The molecule has 22 heavy (non-hydrogen) atoms. The van der Waals surface area contributed by atoms with Crippen molar-refractivity contribution >= 4 is 5.78 Å². The van der Waals surface area contributed by atoms with Crippen LogP contribution in [-0.4, -0.2) is 30.9 Å². The number of rotatable bonds is 4. The van der Waals surface area contributed by atoms with Crippen molar-refractivity contribution in [2.24, 2.45) is 0 Å². The van der Waals surface area contributed by atoms with Crippen molar-refractivity contribution in [2.75, 3.05) is 20.2 Å². The second-order valence-electron chi connectivity index (χ2n) is 5.78. The number of methoxy groups -OCH3 is 1. The average Bonchev–Trinajstić information content (AvgIpc) is 2.56. The van der Waals surface area contributed by atoms with Crippen LogP contribution in [0.15, 0.2) is 54.6 Å². The average molecular weight is 295 g/mol. The van der Waals surface area contributed by atoms with Crippen molar-refractivity contribution < 1.29 is 9.53 Å². The highest BCUT2D eigenvalue weighted by Gasteiger charge is 2.28. The molecule has 1 aliphatic heterocycles. The SMILES string of the molecule is COc1ccc(C2CCN(Cc3ccccc3)CC2=O)cc1. The smallest absolute Gasteiger partial charge is 0.154 e. The molecule has 0 amide bonds. The number of piperidine rings is 1. The normalized spacial score (nSPS) is 19.1. The third-order valence-corrected chi connectivity index (χ3v) is 4.27. The molecule has 0 bridgehead atoms. The van der Waals surface area contributed by atoms with E-state index in [-0.39, 0.29) is 5.92 Å². The largest absolute Gasteiger partial charge is 0.497 e. The summed E-state index contributed by atoms with van der Waals surface area (Å²) in [6.07, 6.45) is 0.887. The highest BCUT2D eigenvalue weighted by molar-refractivity contribution is 5.88. The third kappa shape index (κ3) is 3.37. The molecule has 2 aromatic carbocycles. The molecule has 1 saturated heterocycles. The first-order valence-corrected chi connectivity index (χ1v) is 7.69. The van der Waals surface area contributed by atoms with Crippen molar-refractivity contribution in [3.8, 4) is 5.75 Å². The standard InChI is InChI=1S/C19H21NO2/c1-22-17-9-7-16(8-10-17)18-11-12-20(14-19(18)21)13-15-5-3-2-4-6-15/h2-10,18H,11-14H2,1H3. The van der Waals surface area contributed by atoms with E-state index in [1.807, 2.05) is 42.5 Å². The first-order valence-electron chi connectivity index (χ1n) is 7.69. The minimum absolute atomic E-state index is 0.0259. The van der Waals surface area contributed by atoms with Crippen molar-refractivity contribution in [1.82, 2.24) is 4.90 Å². The monoisotopic (exact) mass is 295 g/mol. The van der Waals surface area contributed by atoms with Crippen LogP contribution in [-0.2, 0) is 11.3 Å². The van der Waals surface area contributed by atoms with E-state index in [2.05, 4.69) is 17.0 Å². The fourth-order valence-corrected chi connectivity index (χ4v) is 3.05. The number of ketones is 1. The first kappa shape index (κ1) is 14.8. The fraction of sp³-hybridized carbons (Fsp3) is 0.316. The highest BCUT2D eigenvalue weighted by atomic mass is 16.5. The molecule has 3 nitrogen and oxygen atoms in total. The van der Waals surface area contributed by atoms with Crippen LogP contribution in [0.3, 0.4) is 0 Å². The Kier molecular flexibility index (Phi) is 4.54. The lowest BCUT2D eigenvalue weighted by atomic mass is 9.88. The molecular weight excluding hydrogens is 274 g/mol. The summed E-state index contributed by atoms with van der Waals surface area (Å²) < 4.78 is 5.17. The lowest BCUT2D eigenvalue weighted by Gasteiger charge is -2.31. The molecule has 3 rings (SSSR count). The van der Waals surface area contributed by atoms with Crippen LogP contribution in [0.25, 0.3) is 0 Å². The number of hydrogen-bond donors (Lipinski definition) is 0. The van der Waals surface area contributed by atoms with E-state index >= 15 is 0 Å². The minimum atomic E-state index is 0.0259. The van der Waals surface area contributed by atoms with Gasteiger partial charge >= 0.3 is 0 Å². The summed E-state index contributed by atoms with van der Waals surface area (Å²) in [5.41, 5.74) is 2.36. The van der Waals surface area contributed by atoms with Gasteiger partial charge < -0.3 is 4.74 Å². The van der Waals surface area contributed by atoms with Gasteiger partial charge in [-0.25, -0.2) is 0 Å². The van der Waals surface area contributed by atoms with Gasteiger partial charge in [0.2, 0.25) is 0 Å². The number of nitrogens with zero attached hydrogens (tertiary/aromatic N) is 1. The van der Waals surface area contributed by atoms with Gasteiger partial charge in [0.1, 0.15) is 5.75 Å². The maximum atomic E-state index is 12.5. The van der Waals surface area contributed by atoms with E-state index in [4.69, 9.17) is 4.74 Å². The molecule has 3 heteroatoms. The lowest BCUT2D eigenvalue weighted by Crippen LogP contribution is -2.39. The maximum absolute atomic E-state index is 12.5. The molecule has 0 aromatic heterocycles. The molecule has 0 spiro atoms. The van der Waals surface area contributed by atoms with Gasteiger partial charge in [0.15, 0.2) is 5.78 Å². The molecule has 1 unspecified atom stereocenters. The van der Waals surface area contributed by atoms with Crippen molar-refractivity contribution in [2.45, 2.75) is 18.9 Å². The van der Waals surface area contributed by atoms with Crippen LogP contribution in [0.1, 0.15) is 23.5 Å². The molecule has 2 aromatic rings. The van der Waals surface area contributed by atoms with Crippen LogP contribution in [0, 0.1) is 0 Å². The van der Waals surface area contributed by atoms with E-state index < -0.39 is 0 Å². The summed E-state index contributed by atoms with van der Waals surface area (Å²) in [5.74, 6) is 1.17. The number of hydrogen-bond acceptors (Lipinski definition) is 3. The van der Waals surface area contributed by atoms with Crippen molar-refractivity contribution in [3.63, 3.8) is 0 Å². The Hall–Kier alpha value is -2.13. The maximum Gasteiger partial charge on any atom is 0.154 e. The topological polar surface area (TPSA) is 29.5 Å². The van der Waals surface area contributed by atoms with E-state index in [9.17, 15) is 4.79 Å². The van der Waals surface area contributed by atoms with E-state index in [0.29, 0.717) is 12.3 Å². The quantitative estimate of drug-likeness (QED) is 0.867. The van der Waals surface area contributed by atoms with Crippen molar-refractivity contribution in [1.29, 1.82) is 0 Å². The molecule has 1 fully saturated rings. The number of benzene rings is 2. The molecule has 0 aliphatic carbocycles. The fourth-order valence-electron chi connectivity index (χ4n) is 3.05. The zero-order chi connectivity index (χ0) is 15.4. The predicted molar refractivity (Wildman–Crippen MR) is 87.1 cm³/mol. The summed E-state index contributed by atoms with van der Waals surface area (Å²) in [6, 6.07) is 18.2. The first-order chi connectivity index (χ1) is 10.8. The Morgan fingerprint density at radius 2 is 1.82 bits per heavy atom. The molecule has 1 atom stereocenters. The summed E-state index contributed by atoms with van der Waals surface area (Å²) in [4.78, 5) is 14.7. The Labute approximate surface area is 131 Å². The molecule has 114 valence electrons. The molecule has 1 heterocycles. The molecule has 0 saturated carbocycles. The Bertz CT molecular complexity index is 622. The van der Waals surface area contributed by atoms with E-state index in [1.54, 1.807) is 7.11 Å². The van der Waals surface area contributed by atoms with Gasteiger partial charge in [-0.3, -0.25) is 9.69 Å². The third-order valence-electron chi connectivity index (χ3n) is 4.27. The molecule has 1 aliphatic rings. The summed E-state index contributed by atoms with van der Waals surface area (Å²) in [7, 11) is 1.65. The molecule has 0 N–H and O–H groups in total.